The smallest absolute Gasteiger partial charge is 0.276 e. The number of amides is 1. The van der Waals surface area contributed by atoms with Gasteiger partial charge in [-0.05, 0) is 73.0 Å². The van der Waals surface area contributed by atoms with E-state index in [0.717, 1.165) is 46.4 Å². The first-order chi connectivity index (χ1) is 18.6. The van der Waals surface area contributed by atoms with Crippen molar-refractivity contribution in [1.29, 1.82) is 0 Å². The molecule has 0 radical (unpaired) electrons. The Kier molecular flexibility index (Phi) is 7.40. The first-order valence-electron chi connectivity index (χ1n) is 12.9. The third-order valence-corrected chi connectivity index (χ3v) is 6.47. The average molecular weight is 509 g/mol. The molecule has 1 saturated heterocycles. The molecule has 5 aromatic rings. The zero-order valence-corrected chi connectivity index (χ0v) is 21.4. The molecule has 6 rings (SSSR count). The van der Waals surface area contributed by atoms with E-state index in [1.165, 1.54) is 25.0 Å². The lowest BCUT2D eigenvalue weighted by atomic mass is 10.0. The molecule has 8 heteroatoms. The highest BCUT2D eigenvalue weighted by molar-refractivity contribution is 6.11. The molecular weight excluding hydrogens is 479 g/mol. The molecule has 192 valence electrons. The van der Waals surface area contributed by atoms with Crippen LogP contribution in [0.15, 0.2) is 79.3 Å². The molecule has 1 aliphatic heterocycles. The number of nitrogens with one attached hydrogen (secondary N) is 2. The van der Waals surface area contributed by atoms with Crippen LogP contribution in [0.1, 0.15) is 37.2 Å². The summed E-state index contributed by atoms with van der Waals surface area (Å²) in [5.74, 6) is -0.633. The summed E-state index contributed by atoms with van der Waals surface area (Å²) >= 11 is 0. The Labute approximate surface area is 220 Å². The van der Waals surface area contributed by atoms with Crippen molar-refractivity contribution in [2.45, 2.75) is 26.7 Å². The van der Waals surface area contributed by atoms with Gasteiger partial charge >= 0.3 is 0 Å². The summed E-state index contributed by atoms with van der Waals surface area (Å²) in [6.07, 6.45) is 7.73. The maximum absolute atomic E-state index is 13.2. The van der Waals surface area contributed by atoms with Gasteiger partial charge in [-0.1, -0.05) is 19.9 Å². The molecule has 0 unspecified atom stereocenters. The average Bonchev–Trinajstić information content (AvgIpc) is 3.66. The first-order valence-corrected chi connectivity index (χ1v) is 12.9. The number of carbonyl (C=O) groups is 1. The number of aromatic nitrogens is 4. The second-order valence-corrected chi connectivity index (χ2v) is 8.85. The third-order valence-electron chi connectivity index (χ3n) is 6.47. The Morgan fingerprint density at radius 1 is 0.895 bits per heavy atom. The number of halogens is 1. The Morgan fingerprint density at radius 2 is 1.66 bits per heavy atom. The van der Waals surface area contributed by atoms with Crippen LogP contribution in [0.3, 0.4) is 0 Å². The number of anilines is 2. The number of nitrogens with zero attached hydrogens (tertiary/aromatic N) is 4. The van der Waals surface area contributed by atoms with Crippen LogP contribution in [0, 0.1) is 5.82 Å². The molecule has 0 aliphatic carbocycles. The highest BCUT2D eigenvalue weighted by Crippen LogP contribution is 2.29. The van der Waals surface area contributed by atoms with Crippen LogP contribution in [0.5, 0.6) is 0 Å². The van der Waals surface area contributed by atoms with Gasteiger partial charge in [0.2, 0.25) is 0 Å². The van der Waals surface area contributed by atoms with Crippen molar-refractivity contribution < 1.29 is 9.18 Å². The normalized spacial score (nSPS) is 12.8. The van der Waals surface area contributed by atoms with E-state index in [2.05, 4.69) is 36.4 Å². The predicted octanol–water partition coefficient (Wildman–Crippen LogP) is 6.70. The van der Waals surface area contributed by atoms with E-state index in [-0.39, 0.29) is 11.7 Å². The Hall–Kier alpha value is -4.59. The van der Waals surface area contributed by atoms with Crippen LogP contribution in [-0.2, 0) is 0 Å². The molecule has 1 amide bonds. The van der Waals surface area contributed by atoms with Gasteiger partial charge < -0.3 is 10.2 Å². The number of H-pyrrole nitrogens is 1. The summed E-state index contributed by atoms with van der Waals surface area (Å²) in [5, 5.41) is 10.8. The lowest BCUT2D eigenvalue weighted by Gasteiger charge is -2.17. The molecule has 1 fully saturated rings. The number of hydrogen-bond acceptors (Lipinski definition) is 5. The van der Waals surface area contributed by atoms with Gasteiger partial charge in [0.05, 0.1) is 35.0 Å². The zero-order valence-electron chi connectivity index (χ0n) is 21.4. The number of fused-ring (bicyclic) bond motifs is 1. The third kappa shape index (κ3) is 5.25. The first kappa shape index (κ1) is 25.1. The molecule has 4 heterocycles. The van der Waals surface area contributed by atoms with Gasteiger partial charge in [0.1, 0.15) is 5.82 Å². The van der Waals surface area contributed by atoms with Gasteiger partial charge in [0.15, 0.2) is 5.69 Å². The van der Waals surface area contributed by atoms with Gasteiger partial charge in [-0.25, -0.2) is 4.39 Å². The van der Waals surface area contributed by atoms with Crippen molar-refractivity contribution in [2.24, 2.45) is 0 Å². The number of benzene rings is 2. The maximum atomic E-state index is 13.2. The monoisotopic (exact) mass is 508 g/mol. The summed E-state index contributed by atoms with van der Waals surface area (Å²) in [4.78, 5) is 24.3. The van der Waals surface area contributed by atoms with E-state index in [4.69, 9.17) is 0 Å². The molecule has 38 heavy (non-hydrogen) atoms. The second kappa shape index (κ2) is 11.2. The van der Waals surface area contributed by atoms with Crippen LogP contribution in [0.2, 0.25) is 0 Å². The standard InChI is InChI=1S/C28H23FN6O.C2H6/c29-21-6-3-18(4-7-21)25-10-8-22(16-31-25)32-28(36)27-24-14-19(5-9-26(24)33-34-27)20-13-23(17-30-15-20)35-11-1-2-12-35;1-2/h3-10,13-17H,1-2,11-12H2,(H,32,36)(H,33,34);1-2H3. The van der Waals surface area contributed by atoms with Gasteiger partial charge in [-0.15, -0.1) is 0 Å². The Morgan fingerprint density at radius 3 is 2.39 bits per heavy atom. The second-order valence-electron chi connectivity index (χ2n) is 8.85. The van der Waals surface area contributed by atoms with Crippen molar-refractivity contribution >= 4 is 28.2 Å². The number of hydrogen-bond donors (Lipinski definition) is 2. The van der Waals surface area contributed by atoms with Gasteiger partial charge in [-0.2, -0.15) is 5.10 Å². The van der Waals surface area contributed by atoms with Gasteiger partial charge in [0.25, 0.3) is 5.91 Å². The zero-order chi connectivity index (χ0) is 26.5. The number of pyridine rings is 2. The molecule has 0 atom stereocenters. The molecule has 0 saturated carbocycles. The predicted molar refractivity (Wildman–Crippen MR) is 150 cm³/mol. The molecule has 1 aliphatic rings. The van der Waals surface area contributed by atoms with E-state index < -0.39 is 0 Å². The van der Waals surface area contributed by atoms with Crippen molar-refractivity contribution in [1.82, 2.24) is 20.2 Å². The van der Waals surface area contributed by atoms with E-state index in [1.54, 1.807) is 30.5 Å². The number of carbonyl (C=O) groups excluding carboxylic acids is 1. The topological polar surface area (TPSA) is 86.8 Å². The van der Waals surface area contributed by atoms with E-state index >= 15 is 0 Å². The van der Waals surface area contributed by atoms with Gasteiger partial charge in [0, 0.05) is 35.8 Å². The summed E-state index contributed by atoms with van der Waals surface area (Å²) in [6.45, 7) is 6.10. The number of aromatic amines is 1. The quantitative estimate of drug-likeness (QED) is 0.276. The van der Waals surface area contributed by atoms with Crippen molar-refractivity contribution in [2.75, 3.05) is 23.3 Å². The molecule has 3 aromatic heterocycles. The largest absolute Gasteiger partial charge is 0.370 e. The van der Waals surface area contributed by atoms with Crippen LogP contribution in [-0.4, -0.2) is 39.2 Å². The maximum Gasteiger partial charge on any atom is 0.276 e. The van der Waals surface area contributed by atoms with Crippen LogP contribution < -0.4 is 10.2 Å². The Bertz CT molecular complexity index is 1540. The highest BCUT2D eigenvalue weighted by atomic mass is 19.1. The summed E-state index contributed by atoms with van der Waals surface area (Å²) in [7, 11) is 0. The summed E-state index contributed by atoms with van der Waals surface area (Å²) in [5.41, 5.74) is 6.19. The Balaban J connectivity index is 0.00000144. The van der Waals surface area contributed by atoms with E-state index in [0.29, 0.717) is 17.1 Å². The van der Waals surface area contributed by atoms with Crippen molar-refractivity contribution in [3.8, 4) is 22.4 Å². The molecule has 2 N–H and O–H groups in total. The molecule has 2 aromatic carbocycles. The molecular formula is C30H29FN6O. The minimum atomic E-state index is -0.335. The number of rotatable bonds is 5. The van der Waals surface area contributed by atoms with Gasteiger partial charge in [-0.3, -0.25) is 19.9 Å². The fourth-order valence-corrected chi connectivity index (χ4v) is 4.55. The van der Waals surface area contributed by atoms with E-state index in [1.807, 2.05) is 44.4 Å². The van der Waals surface area contributed by atoms with Crippen molar-refractivity contribution in [3.63, 3.8) is 0 Å². The summed E-state index contributed by atoms with van der Waals surface area (Å²) in [6, 6.07) is 17.7. The molecule has 0 bridgehead atoms. The lowest BCUT2D eigenvalue weighted by Crippen LogP contribution is -2.17. The van der Waals surface area contributed by atoms with E-state index in [9.17, 15) is 9.18 Å². The minimum Gasteiger partial charge on any atom is -0.370 e. The SMILES string of the molecule is CC.O=C(Nc1ccc(-c2ccc(F)cc2)nc1)c1n[nH]c2ccc(-c3cncc(N4CCCC4)c3)cc12. The fourth-order valence-electron chi connectivity index (χ4n) is 4.55. The van der Waals surface area contributed by atoms with Crippen molar-refractivity contribution in [3.05, 3.63) is 90.8 Å². The fraction of sp³-hybridized carbons (Fsp3) is 0.200. The molecule has 0 spiro atoms. The molecule has 7 nitrogen and oxygen atoms in total. The summed E-state index contributed by atoms with van der Waals surface area (Å²) < 4.78 is 13.2. The highest BCUT2D eigenvalue weighted by Gasteiger charge is 2.17. The minimum absolute atomic E-state index is 0.299. The van der Waals surface area contributed by atoms with Crippen LogP contribution in [0.4, 0.5) is 15.8 Å². The van der Waals surface area contributed by atoms with Crippen LogP contribution in [0.25, 0.3) is 33.3 Å². The van der Waals surface area contributed by atoms with Crippen LogP contribution >= 0.6 is 0 Å². The lowest BCUT2D eigenvalue weighted by molar-refractivity contribution is 0.102.